The van der Waals surface area contributed by atoms with E-state index in [0.717, 1.165) is 24.0 Å². The Balaban J connectivity index is 1.98. The van der Waals surface area contributed by atoms with Gasteiger partial charge in [-0.2, -0.15) is 0 Å². The van der Waals surface area contributed by atoms with Crippen molar-refractivity contribution in [2.45, 2.75) is 45.3 Å². The van der Waals surface area contributed by atoms with Crippen molar-refractivity contribution in [1.82, 2.24) is 15.5 Å². The summed E-state index contributed by atoms with van der Waals surface area (Å²) >= 11 is 0. The topological polar surface area (TPSA) is 61.4 Å². The van der Waals surface area contributed by atoms with Gasteiger partial charge < -0.3 is 10.6 Å². The van der Waals surface area contributed by atoms with E-state index in [9.17, 15) is 9.59 Å². The van der Waals surface area contributed by atoms with Crippen LogP contribution in [0.5, 0.6) is 0 Å². The molecule has 0 aromatic heterocycles. The highest BCUT2D eigenvalue weighted by molar-refractivity contribution is 5.93. The van der Waals surface area contributed by atoms with E-state index in [-0.39, 0.29) is 23.9 Å². The molecule has 2 amide bonds. The van der Waals surface area contributed by atoms with Gasteiger partial charge in [-0.15, -0.1) is 0 Å². The normalized spacial score (nSPS) is 13.0. The van der Waals surface area contributed by atoms with E-state index in [1.54, 1.807) is 19.2 Å². The summed E-state index contributed by atoms with van der Waals surface area (Å²) < 4.78 is 0. The average molecular weight is 382 g/mol. The van der Waals surface area contributed by atoms with Crippen LogP contribution in [0.4, 0.5) is 0 Å². The van der Waals surface area contributed by atoms with Gasteiger partial charge in [-0.3, -0.25) is 14.5 Å². The second-order valence-corrected chi connectivity index (χ2v) is 7.13. The summed E-state index contributed by atoms with van der Waals surface area (Å²) in [6.07, 6.45) is 1.91. The van der Waals surface area contributed by atoms with Crippen molar-refractivity contribution in [1.29, 1.82) is 0 Å². The summed E-state index contributed by atoms with van der Waals surface area (Å²) in [5.41, 5.74) is 2.82. The number of likely N-dealkylation sites (N-methyl/N-ethyl adjacent to an activating group) is 1. The summed E-state index contributed by atoms with van der Waals surface area (Å²) in [7, 11) is 3.56. The molecule has 2 N–H and O–H groups in total. The van der Waals surface area contributed by atoms with Crippen LogP contribution >= 0.6 is 0 Å². The van der Waals surface area contributed by atoms with E-state index in [1.807, 2.05) is 49.2 Å². The van der Waals surface area contributed by atoms with Gasteiger partial charge in [-0.25, -0.2) is 0 Å². The van der Waals surface area contributed by atoms with Gasteiger partial charge >= 0.3 is 0 Å². The molecule has 5 heteroatoms. The SMILES string of the molecule is CCC[C@@H](NC(=O)[C@H](C)N(C)Cc1ccc(C(=O)NC)cc1)c1ccccc1. The number of hydrogen-bond donors (Lipinski definition) is 2. The third-order valence-electron chi connectivity index (χ3n) is 5.01. The zero-order valence-electron chi connectivity index (χ0n) is 17.2. The first-order chi connectivity index (χ1) is 13.5. The molecule has 2 aromatic rings. The Kier molecular flexibility index (Phi) is 8.20. The molecule has 150 valence electrons. The Hall–Kier alpha value is -2.66. The number of rotatable bonds is 9. The molecule has 0 unspecified atom stereocenters. The highest BCUT2D eigenvalue weighted by atomic mass is 16.2. The van der Waals surface area contributed by atoms with Gasteiger partial charge in [-0.05, 0) is 43.7 Å². The van der Waals surface area contributed by atoms with Crippen LogP contribution in [-0.2, 0) is 11.3 Å². The van der Waals surface area contributed by atoms with Gasteiger partial charge in [0.25, 0.3) is 5.91 Å². The molecule has 0 saturated heterocycles. The first kappa shape index (κ1) is 21.6. The number of hydrogen-bond acceptors (Lipinski definition) is 3. The van der Waals surface area contributed by atoms with Crippen LogP contribution in [0.2, 0.25) is 0 Å². The standard InChI is InChI=1S/C23H31N3O2/c1-5-9-21(19-10-7-6-8-11-19)25-22(27)17(2)26(4)16-18-12-14-20(15-13-18)23(28)24-3/h6-8,10-15,17,21H,5,9,16H2,1-4H3,(H,24,28)(H,25,27)/t17-,21+/m0/s1. The van der Waals surface area contributed by atoms with Crippen molar-refractivity contribution >= 4 is 11.8 Å². The lowest BCUT2D eigenvalue weighted by molar-refractivity contribution is -0.126. The minimum atomic E-state index is -0.262. The fourth-order valence-corrected chi connectivity index (χ4v) is 3.12. The van der Waals surface area contributed by atoms with Crippen LogP contribution < -0.4 is 10.6 Å². The number of nitrogens with one attached hydrogen (secondary N) is 2. The molecular formula is C23H31N3O2. The molecule has 0 spiro atoms. The monoisotopic (exact) mass is 381 g/mol. The lowest BCUT2D eigenvalue weighted by Crippen LogP contribution is -2.44. The highest BCUT2D eigenvalue weighted by Gasteiger charge is 2.21. The predicted molar refractivity (Wildman–Crippen MR) is 113 cm³/mol. The van der Waals surface area contributed by atoms with E-state index in [2.05, 4.69) is 29.7 Å². The first-order valence-corrected chi connectivity index (χ1v) is 9.82. The summed E-state index contributed by atoms with van der Waals surface area (Å²) in [5, 5.41) is 5.81. The maximum absolute atomic E-state index is 12.8. The largest absolute Gasteiger partial charge is 0.355 e. The molecule has 2 aromatic carbocycles. The smallest absolute Gasteiger partial charge is 0.251 e. The highest BCUT2D eigenvalue weighted by Crippen LogP contribution is 2.19. The van der Waals surface area contributed by atoms with Gasteiger partial charge in [0.05, 0.1) is 12.1 Å². The first-order valence-electron chi connectivity index (χ1n) is 9.82. The molecule has 2 rings (SSSR count). The molecule has 0 bridgehead atoms. The maximum atomic E-state index is 12.8. The van der Waals surface area contributed by atoms with Gasteiger partial charge in [0.15, 0.2) is 0 Å². The molecule has 0 radical (unpaired) electrons. The Bertz CT molecular complexity index is 759. The molecule has 0 heterocycles. The lowest BCUT2D eigenvalue weighted by atomic mass is 10.0. The van der Waals surface area contributed by atoms with Gasteiger partial charge in [0.2, 0.25) is 5.91 Å². The van der Waals surface area contributed by atoms with Crippen molar-refractivity contribution < 1.29 is 9.59 Å². The Morgan fingerprint density at radius 2 is 1.68 bits per heavy atom. The van der Waals surface area contributed by atoms with Crippen LogP contribution in [0, 0.1) is 0 Å². The number of benzene rings is 2. The molecule has 28 heavy (non-hydrogen) atoms. The molecule has 5 nitrogen and oxygen atoms in total. The van der Waals surface area contributed by atoms with Crippen molar-refractivity contribution in [3.8, 4) is 0 Å². The van der Waals surface area contributed by atoms with E-state index in [4.69, 9.17) is 0 Å². The summed E-state index contributed by atoms with van der Waals surface area (Å²) in [6, 6.07) is 17.3. The van der Waals surface area contributed by atoms with E-state index in [0.29, 0.717) is 12.1 Å². The number of carbonyl (C=O) groups is 2. The number of amides is 2. The summed E-state index contributed by atoms with van der Waals surface area (Å²) in [5.74, 6) is -0.0812. The van der Waals surface area contributed by atoms with Crippen LogP contribution in [0.25, 0.3) is 0 Å². The third kappa shape index (κ3) is 5.92. The van der Waals surface area contributed by atoms with Crippen molar-refractivity contribution in [2.24, 2.45) is 0 Å². The van der Waals surface area contributed by atoms with Crippen molar-refractivity contribution in [2.75, 3.05) is 14.1 Å². The van der Waals surface area contributed by atoms with E-state index < -0.39 is 0 Å². The molecular weight excluding hydrogens is 350 g/mol. The minimum absolute atomic E-state index is 0.0202. The fourth-order valence-electron chi connectivity index (χ4n) is 3.12. The van der Waals surface area contributed by atoms with Gasteiger partial charge in [0.1, 0.15) is 0 Å². The molecule has 0 fully saturated rings. The zero-order valence-corrected chi connectivity index (χ0v) is 17.2. The molecule has 2 atom stereocenters. The maximum Gasteiger partial charge on any atom is 0.251 e. The zero-order chi connectivity index (χ0) is 20.5. The fraction of sp³-hybridized carbons (Fsp3) is 0.391. The van der Waals surface area contributed by atoms with E-state index in [1.165, 1.54) is 0 Å². The molecule has 0 aliphatic heterocycles. The number of carbonyl (C=O) groups excluding carboxylic acids is 2. The minimum Gasteiger partial charge on any atom is -0.355 e. The Morgan fingerprint density at radius 3 is 2.25 bits per heavy atom. The Morgan fingerprint density at radius 1 is 1.04 bits per heavy atom. The average Bonchev–Trinajstić information content (AvgIpc) is 2.73. The number of nitrogens with zero attached hydrogens (tertiary/aromatic N) is 1. The van der Waals surface area contributed by atoms with E-state index >= 15 is 0 Å². The van der Waals surface area contributed by atoms with Crippen molar-refractivity contribution in [3.05, 3.63) is 71.3 Å². The van der Waals surface area contributed by atoms with Crippen LogP contribution in [0.3, 0.4) is 0 Å². The van der Waals surface area contributed by atoms with Crippen LogP contribution in [-0.4, -0.2) is 36.9 Å². The lowest BCUT2D eigenvalue weighted by Gasteiger charge is -2.27. The third-order valence-corrected chi connectivity index (χ3v) is 5.01. The molecule has 0 aliphatic carbocycles. The summed E-state index contributed by atoms with van der Waals surface area (Å²) in [6.45, 7) is 4.68. The predicted octanol–water partition coefficient (Wildman–Crippen LogP) is 3.52. The molecule has 0 saturated carbocycles. The molecule has 0 aliphatic rings. The van der Waals surface area contributed by atoms with Crippen LogP contribution in [0.15, 0.2) is 54.6 Å². The van der Waals surface area contributed by atoms with Crippen molar-refractivity contribution in [3.63, 3.8) is 0 Å². The Labute approximate surface area is 168 Å². The second-order valence-electron chi connectivity index (χ2n) is 7.13. The van der Waals surface area contributed by atoms with Gasteiger partial charge in [-0.1, -0.05) is 55.8 Å². The van der Waals surface area contributed by atoms with Crippen LogP contribution in [0.1, 0.15) is 54.2 Å². The summed E-state index contributed by atoms with van der Waals surface area (Å²) in [4.78, 5) is 26.5. The van der Waals surface area contributed by atoms with Gasteiger partial charge in [0, 0.05) is 19.2 Å². The second kappa shape index (κ2) is 10.6. The quantitative estimate of drug-likeness (QED) is 0.699.